The van der Waals surface area contributed by atoms with Crippen LogP contribution in [0.3, 0.4) is 0 Å². The van der Waals surface area contributed by atoms with Crippen LogP contribution in [-0.2, 0) is 0 Å². The lowest BCUT2D eigenvalue weighted by Gasteiger charge is -2.41. The van der Waals surface area contributed by atoms with Crippen LogP contribution in [0.2, 0.25) is 0 Å². The summed E-state index contributed by atoms with van der Waals surface area (Å²) in [4.78, 5) is 2.46. The summed E-state index contributed by atoms with van der Waals surface area (Å²) >= 11 is 0. The molecule has 2 rings (SSSR count). The van der Waals surface area contributed by atoms with Gasteiger partial charge in [-0.3, -0.25) is 0 Å². The summed E-state index contributed by atoms with van der Waals surface area (Å²) in [5.41, 5.74) is -0.504. The van der Waals surface area contributed by atoms with Crippen LogP contribution in [0.1, 0.15) is 64.7 Å². The number of piperidine rings is 1. The quantitative estimate of drug-likeness (QED) is 0.611. The largest absolute Gasteiger partial charge is 0.389 e. The number of nitrogens with zero attached hydrogens (tertiary/aromatic N) is 1. The van der Waals surface area contributed by atoms with E-state index in [1.54, 1.807) is 0 Å². The van der Waals surface area contributed by atoms with Crippen LogP contribution in [0, 0.1) is 11.8 Å². The highest BCUT2D eigenvalue weighted by molar-refractivity contribution is 5.09. The number of unbranched alkanes of at least 4 members (excludes halogenated alkanes) is 3. The standard InChI is InChI=1S/C16H27NO/c1-3-4-5-6-7-8-11-16(18)12-14-9-10-15(13-16)17(14)2/h14-15,18H,3-6,9-13H2,1-2H3. The maximum absolute atomic E-state index is 10.6. The van der Waals surface area contributed by atoms with E-state index in [-0.39, 0.29) is 0 Å². The van der Waals surface area contributed by atoms with Crippen LogP contribution in [-0.4, -0.2) is 34.7 Å². The van der Waals surface area contributed by atoms with E-state index in [1.807, 2.05) is 0 Å². The van der Waals surface area contributed by atoms with Gasteiger partial charge in [0.1, 0.15) is 0 Å². The molecule has 2 nitrogen and oxygen atoms in total. The molecule has 0 spiro atoms. The van der Waals surface area contributed by atoms with Crippen molar-refractivity contribution in [2.24, 2.45) is 0 Å². The molecule has 0 aromatic heterocycles. The second-order valence-electron chi connectivity index (χ2n) is 6.17. The monoisotopic (exact) mass is 249 g/mol. The van der Waals surface area contributed by atoms with Crippen molar-refractivity contribution in [1.82, 2.24) is 4.90 Å². The summed E-state index contributed by atoms with van der Waals surface area (Å²) < 4.78 is 0. The Kier molecular flexibility index (Phi) is 4.70. The van der Waals surface area contributed by atoms with Gasteiger partial charge in [0.2, 0.25) is 0 Å². The summed E-state index contributed by atoms with van der Waals surface area (Å²) in [6.07, 6.45) is 9.76. The first-order valence-electron chi connectivity index (χ1n) is 7.55. The molecule has 18 heavy (non-hydrogen) atoms. The molecule has 102 valence electrons. The molecule has 0 aliphatic carbocycles. The third-order valence-corrected chi connectivity index (χ3v) is 4.66. The lowest BCUT2D eigenvalue weighted by Crippen LogP contribution is -2.49. The number of rotatable bonds is 4. The second-order valence-corrected chi connectivity index (χ2v) is 6.17. The van der Waals surface area contributed by atoms with E-state index in [9.17, 15) is 5.11 Å². The molecule has 2 fully saturated rings. The first kappa shape index (κ1) is 13.9. The fraction of sp³-hybridized carbons (Fsp3) is 0.875. The maximum atomic E-state index is 10.6. The van der Waals surface area contributed by atoms with Crippen molar-refractivity contribution in [2.75, 3.05) is 7.05 Å². The van der Waals surface area contributed by atoms with E-state index >= 15 is 0 Å². The Labute approximate surface area is 112 Å². The van der Waals surface area contributed by atoms with Crippen LogP contribution in [0.5, 0.6) is 0 Å². The van der Waals surface area contributed by atoms with E-state index in [0.717, 1.165) is 19.3 Å². The topological polar surface area (TPSA) is 23.5 Å². The summed E-state index contributed by atoms with van der Waals surface area (Å²) in [7, 11) is 2.21. The Bertz CT molecular complexity index is 314. The molecule has 2 aliphatic rings. The van der Waals surface area contributed by atoms with Gasteiger partial charge in [-0.15, -0.1) is 11.8 Å². The predicted molar refractivity (Wildman–Crippen MR) is 75.3 cm³/mol. The molecule has 2 atom stereocenters. The Morgan fingerprint density at radius 3 is 2.44 bits per heavy atom. The van der Waals surface area contributed by atoms with E-state index in [1.165, 1.54) is 32.1 Å². The van der Waals surface area contributed by atoms with Crippen molar-refractivity contribution < 1.29 is 5.11 Å². The molecule has 2 bridgehead atoms. The van der Waals surface area contributed by atoms with Crippen LogP contribution in [0.4, 0.5) is 0 Å². The molecule has 2 heteroatoms. The number of hydrogen-bond donors (Lipinski definition) is 1. The number of aliphatic hydroxyl groups is 1. The lowest BCUT2D eigenvalue weighted by molar-refractivity contribution is -0.0403. The molecule has 2 unspecified atom stereocenters. The van der Waals surface area contributed by atoms with Crippen LogP contribution >= 0.6 is 0 Å². The minimum absolute atomic E-state index is 0.504. The third kappa shape index (κ3) is 3.28. The van der Waals surface area contributed by atoms with Crippen LogP contribution in [0.25, 0.3) is 0 Å². The maximum Gasteiger partial charge on any atom is 0.0786 e. The SMILES string of the molecule is CCCCCC#CCC1(O)CC2CCC(C1)N2C. The summed E-state index contributed by atoms with van der Waals surface area (Å²) in [5.74, 6) is 6.45. The average molecular weight is 249 g/mol. The van der Waals surface area contributed by atoms with E-state index in [2.05, 4.69) is 30.7 Å². The van der Waals surface area contributed by atoms with Crippen molar-refractivity contribution in [3.8, 4) is 11.8 Å². The van der Waals surface area contributed by atoms with Crippen molar-refractivity contribution in [3.05, 3.63) is 0 Å². The van der Waals surface area contributed by atoms with Gasteiger partial charge in [0.15, 0.2) is 0 Å². The summed E-state index contributed by atoms with van der Waals surface area (Å²) in [5, 5.41) is 10.6. The number of hydrogen-bond acceptors (Lipinski definition) is 2. The van der Waals surface area contributed by atoms with Crippen molar-refractivity contribution >= 4 is 0 Å². The van der Waals surface area contributed by atoms with Gasteiger partial charge in [-0.05, 0) is 39.2 Å². The Balaban J connectivity index is 1.79. The highest BCUT2D eigenvalue weighted by Gasteiger charge is 2.45. The first-order chi connectivity index (χ1) is 8.64. The molecule has 0 radical (unpaired) electrons. The zero-order valence-corrected chi connectivity index (χ0v) is 11.9. The Morgan fingerprint density at radius 1 is 1.17 bits per heavy atom. The number of fused-ring (bicyclic) bond motifs is 2. The Hall–Kier alpha value is -0.520. The predicted octanol–water partition coefficient (Wildman–Crippen LogP) is 2.95. The summed E-state index contributed by atoms with van der Waals surface area (Å²) in [6, 6.07) is 1.19. The molecule has 2 saturated heterocycles. The van der Waals surface area contributed by atoms with Gasteiger partial charge >= 0.3 is 0 Å². The molecule has 0 saturated carbocycles. The molecule has 2 heterocycles. The third-order valence-electron chi connectivity index (χ3n) is 4.66. The van der Waals surface area contributed by atoms with Gasteiger partial charge in [0.25, 0.3) is 0 Å². The van der Waals surface area contributed by atoms with Crippen molar-refractivity contribution in [1.29, 1.82) is 0 Å². The first-order valence-corrected chi connectivity index (χ1v) is 7.55. The second kappa shape index (κ2) is 6.08. The highest BCUT2D eigenvalue weighted by Crippen LogP contribution is 2.40. The lowest BCUT2D eigenvalue weighted by atomic mass is 9.84. The van der Waals surface area contributed by atoms with Crippen LogP contribution < -0.4 is 0 Å². The van der Waals surface area contributed by atoms with Gasteiger partial charge in [0, 0.05) is 24.9 Å². The van der Waals surface area contributed by atoms with Gasteiger partial charge in [-0.25, -0.2) is 0 Å². The molecular formula is C16H27NO. The van der Waals surface area contributed by atoms with E-state index < -0.39 is 5.60 Å². The van der Waals surface area contributed by atoms with Gasteiger partial charge in [-0.1, -0.05) is 19.8 Å². The molecular weight excluding hydrogens is 222 g/mol. The fourth-order valence-electron chi connectivity index (χ4n) is 3.47. The van der Waals surface area contributed by atoms with Crippen molar-refractivity contribution in [3.63, 3.8) is 0 Å². The van der Waals surface area contributed by atoms with Crippen LogP contribution in [0.15, 0.2) is 0 Å². The molecule has 0 aromatic carbocycles. The zero-order chi connectivity index (χ0) is 13.0. The fourth-order valence-corrected chi connectivity index (χ4v) is 3.47. The van der Waals surface area contributed by atoms with E-state index in [4.69, 9.17) is 0 Å². The molecule has 2 aliphatic heterocycles. The molecule has 0 amide bonds. The normalized spacial score (nSPS) is 35.3. The van der Waals surface area contributed by atoms with Gasteiger partial charge in [-0.2, -0.15) is 0 Å². The minimum atomic E-state index is -0.504. The van der Waals surface area contributed by atoms with Crippen molar-refractivity contribution in [2.45, 2.75) is 82.4 Å². The smallest absolute Gasteiger partial charge is 0.0786 e. The van der Waals surface area contributed by atoms with Gasteiger partial charge in [0.05, 0.1) is 5.60 Å². The van der Waals surface area contributed by atoms with E-state index in [0.29, 0.717) is 18.5 Å². The Morgan fingerprint density at radius 2 is 1.83 bits per heavy atom. The molecule has 0 aromatic rings. The minimum Gasteiger partial charge on any atom is -0.389 e. The highest BCUT2D eigenvalue weighted by atomic mass is 16.3. The average Bonchev–Trinajstić information content (AvgIpc) is 2.58. The summed E-state index contributed by atoms with van der Waals surface area (Å²) in [6.45, 7) is 2.21. The molecule has 1 N–H and O–H groups in total. The zero-order valence-electron chi connectivity index (χ0n) is 11.9. The van der Waals surface area contributed by atoms with Gasteiger partial charge < -0.3 is 10.0 Å².